The first-order valence-corrected chi connectivity index (χ1v) is 6.79. The van der Waals surface area contributed by atoms with Crippen LogP contribution in [0.5, 0.6) is 0 Å². The van der Waals surface area contributed by atoms with Crippen LogP contribution in [0.2, 0.25) is 0 Å². The van der Waals surface area contributed by atoms with Gasteiger partial charge in [0.05, 0.1) is 7.11 Å². The second-order valence-corrected chi connectivity index (χ2v) is 5.06. The number of esters is 1. The number of carbonyl (C=O) groups is 3. The summed E-state index contributed by atoms with van der Waals surface area (Å²) in [5, 5.41) is 11.2. The number of carbonyl (C=O) groups excluding carboxylic acids is 2. The van der Waals surface area contributed by atoms with Crippen molar-refractivity contribution in [3.8, 4) is 0 Å². The van der Waals surface area contributed by atoms with E-state index in [4.69, 9.17) is 5.11 Å². The van der Waals surface area contributed by atoms with Gasteiger partial charge >= 0.3 is 18.0 Å². The fraction of sp³-hybridized carbons (Fsp3) is 0.769. The Morgan fingerprint density at radius 1 is 1.35 bits per heavy atom. The maximum atomic E-state index is 11.9. The summed E-state index contributed by atoms with van der Waals surface area (Å²) in [6.45, 7) is 2.75. The molecule has 0 spiro atoms. The normalized spacial score (nSPS) is 17.4. The highest BCUT2D eigenvalue weighted by molar-refractivity contribution is 5.83. The Bertz CT molecular complexity index is 364. The number of urea groups is 1. The molecule has 7 nitrogen and oxygen atoms in total. The molecule has 1 aliphatic rings. The fourth-order valence-corrected chi connectivity index (χ4v) is 2.26. The zero-order valence-corrected chi connectivity index (χ0v) is 11.9. The molecule has 0 saturated carbocycles. The van der Waals surface area contributed by atoms with Gasteiger partial charge in [-0.3, -0.25) is 4.79 Å². The van der Waals surface area contributed by atoms with E-state index in [-0.39, 0.29) is 12.5 Å². The molecule has 0 radical (unpaired) electrons. The average molecular weight is 286 g/mol. The quantitative estimate of drug-likeness (QED) is 0.730. The molecule has 1 unspecified atom stereocenters. The van der Waals surface area contributed by atoms with E-state index in [0.29, 0.717) is 25.4 Å². The highest BCUT2D eigenvalue weighted by atomic mass is 16.5. The van der Waals surface area contributed by atoms with Crippen molar-refractivity contribution in [1.82, 2.24) is 10.2 Å². The highest BCUT2D eigenvalue weighted by Crippen LogP contribution is 2.21. The maximum Gasteiger partial charge on any atom is 0.328 e. The van der Waals surface area contributed by atoms with Gasteiger partial charge in [-0.15, -0.1) is 0 Å². The van der Waals surface area contributed by atoms with E-state index in [2.05, 4.69) is 10.1 Å². The predicted molar refractivity (Wildman–Crippen MR) is 71.2 cm³/mol. The summed E-state index contributed by atoms with van der Waals surface area (Å²) in [4.78, 5) is 35.3. The smallest absolute Gasteiger partial charge is 0.328 e. The van der Waals surface area contributed by atoms with Gasteiger partial charge in [-0.2, -0.15) is 0 Å². The van der Waals surface area contributed by atoms with Gasteiger partial charge < -0.3 is 20.1 Å². The van der Waals surface area contributed by atoms with Gasteiger partial charge in [-0.1, -0.05) is 0 Å². The molecule has 2 amide bonds. The molecule has 7 heteroatoms. The Balaban J connectivity index is 2.32. The number of nitrogens with zero attached hydrogens (tertiary/aromatic N) is 1. The summed E-state index contributed by atoms with van der Waals surface area (Å²) in [5.74, 6) is -0.903. The van der Waals surface area contributed by atoms with Gasteiger partial charge in [0, 0.05) is 19.5 Å². The highest BCUT2D eigenvalue weighted by Gasteiger charge is 2.25. The minimum absolute atomic E-state index is 0.177. The van der Waals surface area contributed by atoms with Crippen molar-refractivity contribution in [2.24, 2.45) is 5.92 Å². The number of likely N-dealkylation sites (tertiary alicyclic amines) is 1. The third-order valence-corrected chi connectivity index (χ3v) is 3.56. The summed E-state index contributed by atoms with van der Waals surface area (Å²) in [6, 6.07) is -0.947. The molecule has 0 aliphatic carbocycles. The number of carboxylic acid groups (broad SMARTS) is 1. The molecular formula is C13H22N2O5. The van der Waals surface area contributed by atoms with E-state index < -0.39 is 18.0 Å². The van der Waals surface area contributed by atoms with Gasteiger partial charge in [0.25, 0.3) is 0 Å². The van der Waals surface area contributed by atoms with E-state index in [1.54, 1.807) is 11.8 Å². The van der Waals surface area contributed by atoms with Gasteiger partial charge in [-0.25, -0.2) is 9.59 Å². The van der Waals surface area contributed by atoms with Crippen LogP contribution in [0.3, 0.4) is 0 Å². The standard InChI is InChI=1S/C13H22N2O5/c1-9(12(18)20-2)14-13(19)15-7-5-10(6-8-15)3-4-11(16)17/h9-10H,3-8H2,1-2H3,(H,14,19)(H,16,17). The molecule has 1 aliphatic heterocycles. The molecule has 20 heavy (non-hydrogen) atoms. The lowest BCUT2D eigenvalue weighted by Gasteiger charge is -2.32. The van der Waals surface area contributed by atoms with Crippen molar-refractivity contribution in [3.05, 3.63) is 0 Å². The summed E-state index contributed by atoms with van der Waals surface area (Å²) < 4.78 is 4.54. The molecule has 1 saturated heterocycles. The molecule has 0 aromatic carbocycles. The molecular weight excluding hydrogens is 264 g/mol. The van der Waals surface area contributed by atoms with Crippen LogP contribution < -0.4 is 5.32 Å². The monoisotopic (exact) mass is 286 g/mol. The van der Waals surface area contributed by atoms with Crippen molar-refractivity contribution >= 4 is 18.0 Å². The predicted octanol–water partition coefficient (Wildman–Crippen LogP) is 0.834. The zero-order chi connectivity index (χ0) is 15.1. The lowest BCUT2D eigenvalue weighted by molar-refractivity contribution is -0.142. The number of hydrogen-bond acceptors (Lipinski definition) is 4. The number of amides is 2. The van der Waals surface area contributed by atoms with Gasteiger partial charge in [0.2, 0.25) is 0 Å². The first-order valence-electron chi connectivity index (χ1n) is 6.79. The number of methoxy groups -OCH3 is 1. The Morgan fingerprint density at radius 3 is 2.45 bits per heavy atom. The topological polar surface area (TPSA) is 95.9 Å². The van der Waals surface area contributed by atoms with Crippen molar-refractivity contribution in [2.75, 3.05) is 20.2 Å². The van der Waals surface area contributed by atoms with Gasteiger partial charge in [0.1, 0.15) is 6.04 Å². The first kappa shape index (κ1) is 16.3. The molecule has 0 aromatic rings. The van der Waals surface area contributed by atoms with Crippen LogP contribution in [0.25, 0.3) is 0 Å². The van der Waals surface area contributed by atoms with Crippen LogP contribution in [0.15, 0.2) is 0 Å². The molecule has 0 aromatic heterocycles. The Morgan fingerprint density at radius 2 is 1.95 bits per heavy atom. The second-order valence-electron chi connectivity index (χ2n) is 5.06. The Labute approximate surface area is 118 Å². The van der Waals surface area contributed by atoms with Crippen molar-refractivity contribution < 1.29 is 24.2 Å². The summed E-state index contributed by atoms with van der Waals surface area (Å²) >= 11 is 0. The van der Waals surface area contributed by atoms with Crippen LogP contribution in [-0.4, -0.2) is 54.2 Å². The third-order valence-electron chi connectivity index (χ3n) is 3.56. The molecule has 2 N–H and O–H groups in total. The SMILES string of the molecule is COC(=O)C(C)NC(=O)N1CCC(CCC(=O)O)CC1. The van der Waals surface area contributed by atoms with Crippen LogP contribution in [0.1, 0.15) is 32.6 Å². The largest absolute Gasteiger partial charge is 0.481 e. The lowest BCUT2D eigenvalue weighted by atomic mass is 9.92. The summed E-state index contributed by atoms with van der Waals surface area (Å²) in [5.41, 5.74) is 0. The molecule has 1 heterocycles. The van der Waals surface area contributed by atoms with Crippen LogP contribution in [0.4, 0.5) is 4.79 Å². The van der Waals surface area contributed by atoms with E-state index in [1.807, 2.05) is 0 Å². The van der Waals surface area contributed by atoms with E-state index in [0.717, 1.165) is 12.8 Å². The number of rotatable bonds is 5. The van der Waals surface area contributed by atoms with E-state index in [1.165, 1.54) is 7.11 Å². The molecule has 1 atom stereocenters. The number of piperidine rings is 1. The molecule has 1 fully saturated rings. The van der Waals surface area contributed by atoms with Crippen LogP contribution in [-0.2, 0) is 14.3 Å². The van der Waals surface area contributed by atoms with Crippen LogP contribution in [0, 0.1) is 5.92 Å². The Hall–Kier alpha value is -1.79. The van der Waals surface area contributed by atoms with E-state index in [9.17, 15) is 14.4 Å². The molecule has 114 valence electrons. The van der Waals surface area contributed by atoms with Crippen molar-refractivity contribution in [2.45, 2.75) is 38.6 Å². The number of aliphatic carboxylic acids is 1. The van der Waals surface area contributed by atoms with Crippen molar-refractivity contribution in [3.63, 3.8) is 0 Å². The summed E-state index contributed by atoms with van der Waals surface area (Å²) in [7, 11) is 1.28. The Kier molecular flexibility index (Phi) is 6.27. The number of nitrogens with one attached hydrogen (secondary N) is 1. The number of hydrogen-bond donors (Lipinski definition) is 2. The van der Waals surface area contributed by atoms with Gasteiger partial charge in [0.15, 0.2) is 0 Å². The lowest BCUT2D eigenvalue weighted by Crippen LogP contribution is -2.49. The molecule has 0 bridgehead atoms. The summed E-state index contributed by atoms with van der Waals surface area (Å²) in [6.07, 6.45) is 2.43. The molecule has 1 rings (SSSR count). The number of carboxylic acids is 1. The third kappa shape index (κ3) is 5.07. The zero-order valence-electron chi connectivity index (χ0n) is 11.9. The first-order chi connectivity index (χ1) is 9.43. The minimum atomic E-state index is -0.780. The average Bonchev–Trinajstić information content (AvgIpc) is 2.44. The van der Waals surface area contributed by atoms with Crippen molar-refractivity contribution in [1.29, 1.82) is 0 Å². The number of ether oxygens (including phenoxy) is 1. The minimum Gasteiger partial charge on any atom is -0.481 e. The van der Waals surface area contributed by atoms with Gasteiger partial charge in [-0.05, 0) is 32.1 Å². The van der Waals surface area contributed by atoms with Crippen LogP contribution >= 0.6 is 0 Å². The maximum absolute atomic E-state index is 11.9. The second kappa shape index (κ2) is 7.72. The van der Waals surface area contributed by atoms with E-state index >= 15 is 0 Å². The fourth-order valence-electron chi connectivity index (χ4n) is 2.26.